The molecule has 0 amide bonds. The van der Waals surface area contributed by atoms with Crippen LogP contribution in [0.1, 0.15) is 40.5 Å². The molecule has 0 aliphatic carbocycles. The molecule has 78 valence electrons. The van der Waals surface area contributed by atoms with E-state index in [2.05, 4.69) is 25.7 Å². The second kappa shape index (κ2) is 3.95. The molecule has 0 unspecified atom stereocenters. The van der Waals surface area contributed by atoms with Crippen molar-refractivity contribution in [2.45, 2.75) is 52.2 Å². The van der Waals surface area contributed by atoms with E-state index in [0.29, 0.717) is 24.8 Å². The number of likely N-dealkylation sites (tertiary alicyclic amines) is 1. The molecule has 1 aliphatic rings. The van der Waals surface area contributed by atoms with Gasteiger partial charge in [-0.15, -0.1) is 0 Å². The minimum atomic E-state index is -0.910. The topological polar surface area (TPSA) is 3.24 Å². The van der Waals surface area contributed by atoms with Crippen molar-refractivity contribution in [1.82, 2.24) is 4.90 Å². The van der Waals surface area contributed by atoms with Crippen LogP contribution < -0.4 is 0 Å². The summed E-state index contributed by atoms with van der Waals surface area (Å²) in [6, 6.07) is 0.594. The number of hydrogen-bond acceptors (Lipinski definition) is 1. The van der Waals surface area contributed by atoms with Gasteiger partial charge in [0.25, 0.3) is 0 Å². The van der Waals surface area contributed by atoms with Crippen LogP contribution in [0, 0.1) is 5.92 Å². The maximum absolute atomic E-state index is 13.5. The zero-order valence-corrected chi connectivity index (χ0v) is 9.31. The lowest BCUT2D eigenvalue weighted by Gasteiger charge is -2.39. The summed E-state index contributed by atoms with van der Waals surface area (Å²) in [5, 5.41) is 0. The number of piperidine rings is 1. The van der Waals surface area contributed by atoms with E-state index in [9.17, 15) is 4.39 Å². The Morgan fingerprint density at radius 1 is 1.15 bits per heavy atom. The molecule has 1 fully saturated rings. The molecule has 1 rings (SSSR count). The van der Waals surface area contributed by atoms with Crippen LogP contribution in [-0.2, 0) is 0 Å². The lowest BCUT2D eigenvalue weighted by atomic mass is 9.93. The highest BCUT2D eigenvalue weighted by Crippen LogP contribution is 2.27. The van der Waals surface area contributed by atoms with Crippen molar-refractivity contribution < 1.29 is 4.39 Å². The lowest BCUT2D eigenvalue weighted by molar-refractivity contribution is 0.0440. The van der Waals surface area contributed by atoms with Gasteiger partial charge in [-0.05, 0) is 32.6 Å². The molecule has 0 aromatic heterocycles. The van der Waals surface area contributed by atoms with Gasteiger partial charge >= 0.3 is 0 Å². The molecule has 0 N–H and O–H groups in total. The Morgan fingerprint density at radius 2 is 1.62 bits per heavy atom. The van der Waals surface area contributed by atoms with Gasteiger partial charge in [0.15, 0.2) is 0 Å². The lowest BCUT2D eigenvalue weighted by Crippen LogP contribution is -2.46. The van der Waals surface area contributed by atoms with Crippen LogP contribution in [0.5, 0.6) is 0 Å². The molecule has 0 saturated carbocycles. The second-order valence-corrected chi connectivity index (χ2v) is 4.93. The van der Waals surface area contributed by atoms with Crippen LogP contribution in [0.15, 0.2) is 0 Å². The first kappa shape index (κ1) is 11.0. The van der Waals surface area contributed by atoms with Crippen molar-refractivity contribution >= 4 is 0 Å². The van der Waals surface area contributed by atoms with Gasteiger partial charge in [0.05, 0.1) is 0 Å². The predicted octanol–water partition coefficient (Wildman–Crippen LogP) is 2.85. The molecule has 1 heterocycles. The molecule has 2 heteroatoms. The van der Waals surface area contributed by atoms with E-state index < -0.39 is 5.67 Å². The summed E-state index contributed by atoms with van der Waals surface area (Å²) in [4.78, 5) is 2.41. The van der Waals surface area contributed by atoms with Crippen LogP contribution in [0.3, 0.4) is 0 Å². The highest BCUT2D eigenvalue weighted by molar-refractivity contribution is 4.84. The molecule has 1 aliphatic heterocycles. The Labute approximate surface area is 81.3 Å². The van der Waals surface area contributed by atoms with Crippen LogP contribution in [0.25, 0.3) is 0 Å². The average Bonchev–Trinajstić information content (AvgIpc) is 2.03. The highest BCUT2D eigenvalue weighted by atomic mass is 19.1. The van der Waals surface area contributed by atoms with Crippen LogP contribution >= 0.6 is 0 Å². The molecule has 0 radical (unpaired) electrons. The zero-order valence-electron chi connectivity index (χ0n) is 9.31. The summed E-state index contributed by atoms with van der Waals surface area (Å²) in [5.41, 5.74) is -0.910. The first-order valence-corrected chi connectivity index (χ1v) is 5.35. The molecule has 1 nitrogen and oxygen atoms in total. The molecule has 1 saturated heterocycles. The Hall–Kier alpha value is -0.110. The smallest absolute Gasteiger partial charge is 0.110 e. The summed E-state index contributed by atoms with van der Waals surface area (Å²) in [6.45, 7) is 10.3. The maximum Gasteiger partial charge on any atom is 0.110 e. The monoisotopic (exact) mass is 187 g/mol. The fourth-order valence-electron chi connectivity index (χ4n) is 1.82. The van der Waals surface area contributed by atoms with Gasteiger partial charge in [-0.2, -0.15) is 0 Å². The molecule has 13 heavy (non-hydrogen) atoms. The second-order valence-electron chi connectivity index (χ2n) is 4.93. The van der Waals surface area contributed by atoms with E-state index in [1.807, 2.05) is 0 Å². The number of halogens is 1. The number of rotatable bonds is 2. The standard InChI is InChI=1S/C11H22FN/c1-9(2)10(3)13-7-5-11(4,12)6-8-13/h9-10H,5-8H2,1-4H3/t10-/m0/s1. The van der Waals surface area contributed by atoms with Crippen molar-refractivity contribution in [2.75, 3.05) is 13.1 Å². The van der Waals surface area contributed by atoms with Gasteiger partial charge < -0.3 is 4.90 Å². The summed E-state index contributed by atoms with van der Waals surface area (Å²) in [5.74, 6) is 0.670. The van der Waals surface area contributed by atoms with Crippen molar-refractivity contribution in [2.24, 2.45) is 5.92 Å². The Bertz CT molecular complexity index is 155. The molecule has 1 atom stereocenters. The van der Waals surface area contributed by atoms with E-state index in [1.54, 1.807) is 6.92 Å². The van der Waals surface area contributed by atoms with Gasteiger partial charge in [0, 0.05) is 19.1 Å². The minimum absolute atomic E-state index is 0.594. The quantitative estimate of drug-likeness (QED) is 0.642. The number of nitrogens with zero attached hydrogens (tertiary/aromatic N) is 1. The molecular formula is C11H22FN. The third-order valence-electron chi connectivity index (χ3n) is 3.38. The fraction of sp³-hybridized carbons (Fsp3) is 1.00. The van der Waals surface area contributed by atoms with Crippen LogP contribution in [0.2, 0.25) is 0 Å². The van der Waals surface area contributed by atoms with Gasteiger partial charge in [-0.1, -0.05) is 13.8 Å². The first-order valence-electron chi connectivity index (χ1n) is 5.35. The Balaban J connectivity index is 2.41. The summed E-state index contributed by atoms with van der Waals surface area (Å²) >= 11 is 0. The maximum atomic E-state index is 13.5. The fourth-order valence-corrected chi connectivity index (χ4v) is 1.82. The van der Waals surface area contributed by atoms with Crippen LogP contribution in [-0.4, -0.2) is 29.7 Å². The normalized spacial score (nSPS) is 26.3. The molecule has 0 aromatic carbocycles. The van der Waals surface area contributed by atoms with Gasteiger partial charge in [0.1, 0.15) is 5.67 Å². The highest BCUT2D eigenvalue weighted by Gasteiger charge is 2.31. The van der Waals surface area contributed by atoms with Gasteiger partial charge in [-0.3, -0.25) is 0 Å². The number of alkyl halides is 1. The Morgan fingerprint density at radius 3 is 2.00 bits per heavy atom. The third kappa shape index (κ3) is 2.94. The van der Waals surface area contributed by atoms with Crippen molar-refractivity contribution in [3.8, 4) is 0 Å². The van der Waals surface area contributed by atoms with Crippen molar-refractivity contribution in [3.63, 3.8) is 0 Å². The summed E-state index contributed by atoms with van der Waals surface area (Å²) in [7, 11) is 0. The van der Waals surface area contributed by atoms with E-state index in [4.69, 9.17) is 0 Å². The molecule has 0 aromatic rings. The average molecular weight is 187 g/mol. The SMILES string of the molecule is CC(C)[C@H](C)N1CCC(C)(F)CC1. The summed E-state index contributed by atoms with van der Waals surface area (Å²) < 4.78 is 13.5. The van der Waals surface area contributed by atoms with E-state index in [1.165, 1.54) is 0 Å². The van der Waals surface area contributed by atoms with Gasteiger partial charge in [0.2, 0.25) is 0 Å². The van der Waals surface area contributed by atoms with E-state index in [0.717, 1.165) is 13.1 Å². The third-order valence-corrected chi connectivity index (χ3v) is 3.38. The minimum Gasteiger partial charge on any atom is -0.300 e. The molecule has 0 bridgehead atoms. The van der Waals surface area contributed by atoms with Crippen LogP contribution in [0.4, 0.5) is 4.39 Å². The number of hydrogen-bond donors (Lipinski definition) is 0. The molecule has 0 spiro atoms. The summed E-state index contributed by atoms with van der Waals surface area (Å²) in [6.07, 6.45) is 1.40. The van der Waals surface area contributed by atoms with Crippen molar-refractivity contribution in [3.05, 3.63) is 0 Å². The van der Waals surface area contributed by atoms with E-state index >= 15 is 0 Å². The van der Waals surface area contributed by atoms with Crippen molar-refractivity contribution in [1.29, 1.82) is 0 Å². The van der Waals surface area contributed by atoms with E-state index in [-0.39, 0.29) is 0 Å². The Kier molecular flexibility index (Phi) is 3.33. The first-order chi connectivity index (χ1) is 5.92. The molecular weight excluding hydrogens is 165 g/mol. The largest absolute Gasteiger partial charge is 0.300 e. The van der Waals surface area contributed by atoms with Gasteiger partial charge in [-0.25, -0.2) is 4.39 Å². The predicted molar refractivity (Wildman–Crippen MR) is 54.6 cm³/mol. The zero-order chi connectivity index (χ0) is 10.1.